The van der Waals surface area contributed by atoms with Gasteiger partial charge < -0.3 is 9.42 Å². The number of benzene rings is 2. The van der Waals surface area contributed by atoms with Crippen LogP contribution >= 0.6 is 11.6 Å². The Kier molecular flexibility index (Phi) is 7.62. The highest BCUT2D eigenvalue weighted by molar-refractivity contribution is 7.89. The molecule has 0 atom stereocenters. The van der Waals surface area contributed by atoms with Crippen LogP contribution in [0.25, 0.3) is 11.4 Å². The summed E-state index contributed by atoms with van der Waals surface area (Å²) < 4.78 is 32.8. The second-order valence-electron chi connectivity index (χ2n) is 9.61. The van der Waals surface area contributed by atoms with E-state index in [2.05, 4.69) is 15.0 Å². The average molecular weight is 544 g/mol. The Morgan fingerprint density at radius 3 is 2.27 bits per heavy atom. The summed E-state index contributed by atoms with van der Waals surface area (Å²) in [5.41, 5.74) is 1.86. The summed E-state index contributed by atoms with van der Waals surface area (Å²) >= 11 is 5.94. The summed E-state index contributed by atoms with van der Waals surface area (Å²) in [6, 6.07) is 14.2. The molecule has 0 unspecified atom stereocenters. The number of aryl methyl sites for hydroxylation is 1. The van der Waals surface area contributed by atoms with Crippen LogP contribution in [0.3, 0.4) is 0 Å². The Balaban J connectivity index is 1.10. The van der Waals surface area contributed by atoms with Gasteiger partial charge in [0, 0.05) is 42.7 Å². The number of halogens is 1. The molecule has 2 fully saturated rings. The maximum atomic E-state index is 13.2. The van der Waals surface area contributed by atoms with Gasteiger partial charge >= 0.3 is 0 Å². The zero-order valence-electron chi connectivity index (χ0n) is 20.7. The molecule has 1 amide bonds. The van der Waals surface area contributed by atoms with Crippen molar-refractivity contribution in [2.24, 2.45) is 5.92 Å². The van der Waals surface area contributed by atoms with Gasteiger partial charge in [0.15, 0.2) is 0 Å². The van der Waals surface area contributed by atoms with E-state index in [-0.39, 0.29) is 11.8 Å². The molecule has 1 aromatic heterocycles. The molecule has 9 nitrogen and oxygen atoms in total. The molecule has 2 saturated heterocycles. The number of carbonyl (C=O) groups is 1. The number of rotatable bonds is 6. The van der Waals surface area contributed by atoms with Crippen molar-refractivity contribution in [3.05, 3.63) is 65.0 Å². The van der Waals surface area contributed by atoms with E-state index in [1.807, 2.05) is 24.0 Å². The Morgan fingerprint density at radius 2 is 1.62 bits per heavy atom. The Labute approximate surface area is 222 Å². The molecule has 2 aliphatic rings. The lowest BCUT2D eigenvalue weighted by Gasteiger charge is -2.38. The van der Waals surface area contributed by atoms with Gasteiger partial charge in [-0.15, -0.1) is 0 Å². The SMILES string of the molecule is Cc1ccc(S(=O)(=O)N2CCN(C(=O)C3CCN(Cc4nc(-c5ccc(Cl)cc5)no4)CC3)CC2)cc1. The van der Waals surface area contributed by atoms with Crippen molar-refractivity contribution in [3.8, 4) is 11.4 Å². The molecule has 3 heterocycles. The molecule has 0 saturated carbocycles. The third-order valence-corrected chi connectivity index (χ3v) is 9.24. The highest BCUT2D eigenvalue weighted by atomic mass is 35.5. The van der Waals surface area contributed by atoms with Crippen LogP contribution in [0, 0.1) is 12.8 Å². The minimum atomic E-state index is -3.54. The van der Waals surface area contributed by atoms with Crippen molar-refractivity contribution in [1.29, 1.82) is 0 Å². The van der Waals surface area contributed by atoms with Crippen LogP contribution in [0.5, 0.6) is 0 Å². The van der Waals surface area contributed by atoms with Gasteiger partial charge in [-0.3, -0.25) is 9.69 Å². The lowest BCUT2D eigenvalue weighted by molar-refractivity contribution is -0.138. The summed E-state index contributed by atoms with van der Waals surface area (Å²) in [4.78, 5) is 22.0. The van der Waals surface area contributed by atoms with E-state index in [0.717, 1.165) is 37.1 Å². The summed E-state index contributed by atoms with van der Waals surface area (Å²) in [6.07, 6.45) is 1.50. The fourth-order valence-corrected chi connectivity index (χ4v) is 6.38. The van der Waals surface area contributed by atoms with Crippen LogP contribution in [-0.4, -0.2) is 77.8 Å². The molecule has 0 aliphatic carbocycles. The maximum absolute atomic E-state index is 13.2. The van der Waals surface area contributed by atoms with Gasteiger partial charge in [-0.2, -0.15) is 9.29 Å². The van der Waals surface area contributed by atoms with Crippen LogP contribution < -0.4 is 0 Å². The van der Waals surface area contributed by atoms with Crippen molar-refractivity contribution < 1.29 is 17.7 Å². The Bertz CT molecular complexity index is 1330. The number of aromatic nitrogens is 2. The zero-order chi connectivity index (χ0) is 26.0. The molecule has 2 aromatic carbocycles. The molecule has 11 heteroatoms. The topological polar surface area (TPSA) is 99.9 Å². The maximum Gasteiger partial charge on any atom is 0.243 e. The second-order valence-corrected chi connectivity index (χ2v) is 12.0. The predicted molar refractivity (Wildman–Crippen MR) is 139 cm³/mol. The van der Waals surface area contributed by atoms with Gasteiger partial charge in [-0.25, -0.2) is 8.42 Å². The number of sulfonamides is 1. The molecule has 2 aliphatic heterocycles. The first-order valence-electron chi connectivity index (χ1n) is 12.5. The third kappa shape index (κ3) is 5.87. The smallest absolute Gasteiger partial charge is 0.243 e. The number of piperidine rings is 1. The van der Waals surface area contributed by atoms with E-state index in [4.69, 9.17) is 16.1 Å². The molecule has 37 heavy (non-hydrogen) atoms. The highest BCUT2D eigenvalue weighted by Crippen LogP contribution is 2.24. The summed E-state index contributed by atoms with van der Waals surface area (Å²) in [5, 5.41) is 4.72. The van der Waals surface area contributed by atoms with Crippen LogP contribution in [-0.2, 0) is 21.4 Å². The fraction of sp³-hybridized carbons (Fsp3) is 0.423. The molecule has 3 aromatic rings. The third-order valence-electron chi connectivity index (χ3n) is 7.08. The van der Waals surface area contributed by atoms with Crippen LogP contribution in [0.1, 0.15) is 24.3 Å². The predicted octanol–water partition coefficient (Wildman–Crippen LogP) is 3.44. The molecule has 0 bridgehead atoms. The number of likely N-dealkylation sites (tertiary alicyclic amines) is 1. The van der Waals surface area contributed by atoms with Crippen molar-refractivity contribution >= 4 is 27.5 Å². The van der Waals surface area contributed by atoms with Crippen molar-refractivity contribution in [2.45, 2.75) is 31.2 Å². The first-order chi connectivity index (χ1) is 17.8. The molecule has 0 spiro atoms. The lowest BCUT2D eigenvalue weighted by Crippen LogP contribution is -2.52. The Hall–Kier alpha value is -2.79. The monoisotopic (exact) mass is 543 g/mol. The van der Waals surface area contributed by atoms with Gasteiger partial charge in [0.2, 0.25) is 27.6 Å². The van der Waals surface area contributed by atoms with E-state index in [9.17, 15) is 13.2 Å². The van der Waals surface area contributed by atoms with E-state index < -0.39 is 10.0 Å². The number of hydrogen-bond acceptors (Lipinski definition) is 7. The fourth-order valence-electron chi connectivity index (χ4n) is 4.83. The molecular weight excluding hydrogens is 514 g/mol. The normalized spacial score (nSPS) is 18.3. The molecule has 196 valence electrons. The van der Waals surface area contributed by atoms with Gasteiger partial charge in [0.05, 0.1) is 11.4 Å². The molecule has 0 radical (unpaired) electrons. The summed E-state index contributed by atoms with van der Waals surface area (Å²) in [5.74, 6) is 1.14. The van der Waals surface area contributed by atoms with Gasteiger partial charge in [-0.1, -0.05) is 34.5 Å². The second kappa shape index (κ2) is 10.9. The van der Waals surface area contributed by atoms with E-state index >= 15 is 0 Å². The first kappa shape index (κ1) is 25.8. The molecular formula is C26H30ClN5O4S. The van der Waals surface area contributed by atoms with Crippen LogP contribution in [0.2, 0.25) is 5.02 Å². The molecule has 0 N–H and O–H groups in total. The van der Waals surface area contributed by atoms with E-state index in [1.165, 1.54) is 4.31 Å². The standard InChI is InChI=1S/C26H30ClN5O4S/c1-19-2-8-23(9-3-19)37(34,35)32-16-14-31(15-17-32)26(33)21-10-12-30(13-11-21)18-24-28-25(29-36-24)20-4-6-22(27)7-5-20/h2-9,21H,10-18H2,1H3. The number of nitrogens with zero attached hydrogens (tertiary/aromatic N) is 5. The first-order valence-corrected chi connectivity index (χ1v) is 14.3. The minimum absolute atomic E-state index is 0.0520. The zero-order valence-corrected chi connectivity index (χ0v) is 22.3. The number of carbonyl (C=O) groups excluding carboxylic acids is 1. The quantitative estimate of drug-likeness (QED) is 0.469. The highest BCUT2D eigenvalue weighted by Gasteiger charge is 2.34. The van der Waals surface area contributed by atoms with Crippen molar-refractivity contribution in [1.82, 2.24) is 24.2 Å². The van der Waals surface area contributed by atoms with Gasteiger partial charge in [-0.05, 0) is 69.3 Å². The lowest BCUT2D eigenvalue weighted by atomic mass is 9.95. The van der Waals surface area contributed by atoms with Crippen LogP contribution in [0.15, 0.2) is 57.9 Å². The van der Waals surface area contributed by atoms with Gasteiger partial charge in [0.1, 0.15) is 0 Å². The largest absolute Gasteiger partial charge is 0.340 e. The van der Waals surface area contributed by atoms with E-state index in [1.54, 1.807) is 36.4 Å². The van der Waals surface area contributed by atoms with Crippen LogP contribution in [0.4, 0.5) is 0 Å². The number of piperazine rings is 1. The summed E-state index contributed by atoms with van der Waals surface area (Å²) in [7, 11) is -3.54. The summed E-state index contributed by atoms with van der Waals surface area (Å²) in [6.45, 7) is 5.45. The minimum Gasteiger partial charge on any atom is -0.340 e. The number of hydrogen-bond donors (Lipinski definition) is 0. The average Bonchev–Trinajstić information content (AvgIpc) is 3.38. The van der Waals surface area contributed by atoms with Crippen molar-refractivity contribution in [3.63, 3.8) is 0 Å². The number of amides is 1. The van der Waals surface area contributed by atoms with Crippen molar-refractivity contribution in [2.75, 3.05) is 39.3 Å². The van der Waals surface area contributed by atoms with E-state index in [0.29, 0.717) is 54.4 Å². The Morgan fingerprint density at radius 1 is 0.973 bits per heavy atom. The van der Waals surface area contributed by atoms with Gasteiger partial charge in [0.25, 0.3) is 0 Å². The molecule has 5 rings (SSSR count).